The van der Waals surface area contributed by atoms with Gasteiger partial charge in [0.15, 0.2) is 0 Å². The molecule has 1 amide bonds. The van der Waals surface area contributed by atoms with Crippen molar-refractivity contribution in [2.24, 2.45) is 0 Å². The quantitative estimate of drug-likeness (QED) is 0.718. The third-order valence-corrected chi connectivity index (χ3v) is 5.41. The van der Waals surface area contributed by atoms with Crippen molar-refractivity contribution in [3.05, 3.63) is 24.3 Å². The van der Waals surface area contributed by atoms with Gasteiger partial charge >= 0.3 is 0 Å². The van der Waals surface area contributed by atoms with Crippen LogP contribution in [0.5, 0.6) is 5.75 Å². The predicted octanol–water partition coefficient (Wildman–Crippen LogP) is 1.02. The van der Waals surface area contributed by atoms with E-state index < -0.39 is 10.0 Å². The van der Waals surface area contributed by atoms with E-state index in [1.54, 1.807) is 29.2 Å². The van der Waals surface area contributed by atoms with Crippen LogP contribution in [-0.4, -0.2) is 76.8 Å². The number of carbonyl (C=O) groups is 1. The summed E-state index contributed by atoms with van der Waals surface area (Å²) in [5.74, 6) is 0.681. The number of carbonyl (C=O) groups excluding carboxylic acids is 1. The fraction of sp³-hybridized carbons (Fsp3) is 0.588. The van der Waals surface area contributed by atoms with Crippen molar-refractivity contribution >= 4 is 21.6 Å². The molecule has 1 aliphatic heterocycles. The summed E-state index contributed by atoms with van der Waals surface area (Å²) >= 11 is 0. The van der Waals surface area contributed by atoms with Crippen molar-refractivity contribution in [1.29, 1.82) is 0 Å². The first kappa shape index (κ1) is 19.5. The van der Waals surface area contributed by atoms with Crippen LogP contribution in [0.1, 0.15) is 13.3 Å². The van der Waals surface area contributed by atoms with E-state index in [0.29, 0.717) is 31.1 Å². The van der Waals surface area contributed by atoms with Crippen LogP contribution in [0, 0.1) is 0 Å². The largest absolute Gasteiger partial charge is 0.494 e. The number of rotatable bonds is 7. The number of likely N-dealkylation sites (N-methyl/N-ethyl adjacent to an activating group) is 1. The van der Waals surface area contributed by atoms with Gasteiger partial charge in [-0.2, -0.15) is 0 Å². The van der Waals surface area contributed by atoms with Crippen molar-refractivity contribution in [3.8, 4) is 5.75 Å². The molecule has 0 bridgehead atoms. The van der Waals surface area contributed by atoms with Gasteiger partial charge in [0.1, 0.15) is 5.75 Å². The normalized spacial score (nSPS) is 15.9. The van der Waals surface area contributed by atoms with Crippen molar-refractivity contribution in [3.63, 3.8) is 0 Å². The van der Waals surface area contributed by atoms with Gasteiger partial charge in [0, 0.05) is 39.1 Å². The fourth-order valence-corrected chi connectivity index (χ4v) is 3.70. The number of piperazine rings is 1. The van der Waals surface area contributed by atoms with Crippen LogP contribution in [0.2, 0.25) is 0 Å². The van der Waals surface area contributed by atoms with Crippen LogP contribution in [0.25, 0.3) is 0 Å². The van der Waals surface area contributed by atoms with E-state index in [0.717, 1.165) is 19.3 Å². The fourth-order valence-electron chi connectivity index (χ4n) is 2.77. The lowest BCUT2D eigenvalue weighted by Gasteiger charge is -2.33. The Morgan fingerprint density at radius 1 is 1.16 bits per heavy atom. The summed E-state index contributed by atoms with van der Waals surface area (Å²) in [5, 5.41) is 0. The van der Waals surface area contributed by atoms with E-state index in [2.05, 4.69) is 4.90 Å². The molecule has 1 heterocycles. The molecule has 140 valence electrons. The van der Waals surface area contributed by atoms with Crippen LogP contribution in [0.15, 0.2) is 24.3 Å². The second-order valence-corrected chi connectivity index (χ2v) is 8.10. The molecule has 8 heteroatoms. The van der Waals surface area contributed by atoms with Crippen LogP contribution in [-0.2, 0) is 14.8 Å². The number of hydrogen-bond donors (Lipinski definition) is 0. The lowest BCUT2D eigenvalue weighted by atomic mass is 10.2. The summed E-state index contributed by atoms with van der Waals surface area (Å²) in [7, 11) is -1.44. The first-order valence-corrected chi connectivity index (χ1v) is 10.3. The average molecular weight is 369 g/mol. The molecule has 0 spiro atoms. The van der Waals surface area contributed by atoms with E-state index in [1.807, 2.05) is 14.0 Å². The third kappa shape index (κ3) is 5.61. The van der Waals surface area contributed by atoms with Gasteiger partial charge in [-0.25, -0.2) is 8.42 Å². The Kier molecular flexibility index (Phi) is 6.66. The summed E-state index contributed by atoms with van der Waals surface area (Å²) < 4.78 is 30.9. The molecule has 1 aromatic carbocycles. The van der Waals surface area contributed by atoms with Gasteiger partial charge in [0.2, 0.25) is 15.9 Å². The molecular weight excluding hydrogens is 342 g/mol. The Labute approximate surface area is 150 Å². The van der Waals surface area contributed by atoms with Gasteiger partial charge in [-0.3, -0.25) is 9.10 Å². The van der Waals surface area contributed by atoms with Gasteiger partial charge in [-0.15, -0.1) is 0 Å². The SMILES string of the molecule is CCOc1ccc(N(CCC(=O)N2CCN(C)CC2)S(C)(=O)=O)cc1. The van der Waals surface area contributed by atoms with Crippen molar-refractivity contribution in [1.82, 2.24) is 9.80 Å². The zero-order chi connectivity index (χ0) is 18.4. The molecule has 0 aromatic heterocycles. The summed E-state index contributed by atoms with van der Waals surface area (Å²) in [4.78, 5) is 16.4. The molecule has 0 saturated carbocycles. The molecule has 0 unspecified atom stereocenters. The Balaban J connectivity index is 2.02. The molecule has 0 N–H and O–H groups in total. The molecule has 1 fully saturated rings. The van der Waals surface area contributed by atoms with E-state index in [-0.39, 0.29) is 18.9 Å². The van der Waals surface area contributed by atoms with E-state index >= 15 is 0 Å². The molecule has 0 radical (unpaired) electrons. The number of anilines is 1. The molecule has 25 heavy (non-hydrogen) atoms. The number of sulfonamides is 1. The van der Waals surface area contributed by atoms with E-state index in [4.69, 9.17) is 4.74 Å². The second kappa shape index (κ2) is 8.53. The van der Waals surface area contributed by atoms with Gasteiger partial charge in [0.05, 0.1) is 18.6 Å². The number of amides is 1. The third-order valence-electron chi connectivity index (χ3n) is 4.22. The standard InChI is InChI=1S/C17H27N3O4S/c1-4-24-16-7-5-15(6-8-16)20(25(3,22)23)10-9-17(21)19-13-11-18(2)12-14-19/h5-8H,4,9-14H2,1-3H3. The number of nitrogens with zero attached hydrogens (tertiary/aromatic N) is 3. The minimum Gasteiger partial charge on any atom is -0.494 e. The monoisotopic (exact) mass is 369 g/mol. The maximum Gasteiger partial charge on any atom is 0.232 e. The Morgan fingerprint density at radius 3 is 2.28 bits per heavy atom. The van der Waals surface area contributed by atoms with Crippen molar-refractivity contribution < 1.29 is 17.9 Å². The zero-order valence-electron chi connectivity index (χ0n) is 15.1. The average Bonchev–Trinajstić information content (AvgIpc) is 2.56. The van der Waals surface area contributed by atoms with E-state index in [9.17, 15) is 13.2 Å². The lowest BCUT2D eigenvalue weighted by molar-refractivity contribution is -0.132. The topological polar surface area (TPSA) is 70.2 Å². The predicted molar refractivity (Wildman–Crippen MR) is 98.5 cm³/mol. The van der Waals surface area contributed by atoms with Crippen LogP contribution in [0.4, 0.5) is 5.69 Å². The van der Waals surface area contributed by atoms with Gasteiger partial charge in [0.25, 0.3) is 0 Å². The van der Waals surface area contributed by atoms with Gasteiger partial charge in [-0.1, -0.05) is 0 Å². The summed E-state index contributed by atoms with van der Waals surface area (Å²) in [6, 6.07) is 6.87. The summed E-state index contributed by atoms with van der Waals surface area (Å²) in [5.41, 5.74) is 0.539. The summed E-state index contributed by atoms with van der Waals surface area (Å²) in [6.45, 7) is 5.66. The molecule has 7 nitrogen and oxygen atoms in total. The minimum atomic E-state index is -3.46. The smallest absolute Gasteiger partial charge is 0.232 e. The van der Waals surface area contributed by atoms with Gasteiger partial charge in [-0.05, 0) is 38.2 Å². The molecule has 1 aliphatic rings. The first-order chi connectivity index (χ1) is 11.8. The minimum absolute atomic E-state index is 0.00677. The van der Waals surface area contributed by atoms with Crippen LogP contribution >= 0.6 is 0 Å². The van der Waals surface area contributed by atoms with Gasteiger partial charge < -0.3 is 14.5 Å². The highest BCUT2D eigenvalue weighted by atomic mass is 32.2. The highest BCUT2D eigenvalue weighted by Gasteiger charge is 2.22. The first-order valence-electron chi connectivity index (χ1n) is 8.48. The molecule has 0 aliphatic carbocycles. The highest BCUT2D eigenvalue weighted by molar-refractivity contribution is 7.92. The van der Waals surface area contributed by atoms with Crippen LogP contribution in [0.3, 0.4) is 0 Å². The Bertz CT molecular complexity index is 668. The zero-order valence-corrected chi connectivity index (χ0v) is 16.0. The molecule has 1 saturated heterocycles. The molecule has 1 aromatic rings. The highest BCUT2D eigenvalue weighted by Crippen LogP contribution is 2.22. The van der Waals surface area contributed by atoms with Crippen molar-refractivity contribution in [2.45, 2.75) is 13.3 Å². The molecular formula is C17H27N3O4S. The summed E-state index contributed by atoms with van der Waals surface area (Å²) in [6.07, 6.45) is 1.33. The maximum absolute atomic E-state index is 12.4. The number of ether oxygens (including phenoxy) is 1. The lowest BCUT2D eigenvalue weighted by Crippen LogP contribution is -2.48. The number of benzene rings is 1. The van der Waals surface area contributed by atoms with Crippen LogP contribution < -0.4 is 9.04 Å². The molecule has 2 rings (SSSR count). The van der Waals surface area contributed by atoms with Crippen molar-refractivity contribution in [2.75, 3.05) is 56.9 Å². The Hall–Kier alpha value is -1.80. The number of hydrogen-bond acceptors (Lipinski definition) is 5. The molecule has 0 atom stereocenters. The van der Waals surface area contributed by atoms with E-state index in [1.165, 1.54) is 4.31 Å². The maximum atomic E-state index is 12.4. The Morgan fingerprint density at radius 2 is 1.76 bits per heavy atom. The second-order valence-electron chi connectivity index (χ2n) is 6.20.